The van der Waals surface area contributed by atoms with Gasteiger partial charge in [0.05, 0.1) is 12.0 Å². The fraction of sp³-hybridized carbons (Fsp3) is 0.867. The van der Waals surface area contributed by atoms with E-state index in [1.807, 2.05) is 0 Å². The Morgan fingerprint density at radius 1 is 1.15 bits per heavy atom. The molecule has 0 spiro atoms. The second-order valence-corrected chi connectivity index (χ2v) is 6.88. The van der Waals surface area contributed by atoms with E-state index in [1.54, 1.807) is 0 Å². The Morgan fingerprint density at radius 3 is 2.15 bits per heavy atom. The van der Waals surface area contributed by atoms with Crippen molar-refractivity contribution in [3.05, 3.63) is 0 Å². The first-order chi connectivity index (χ1) is 9.58. The molecule has 20 heavy (non-hydrogen) atoms. The fourth-order valence-corrected chi connectivity index (χ4v) is 3.50. The molecule has 0 aromatic rings. The Kier molecular flexibility index (Phi) is 3.61. The summed E-state index contributed by atoms with van der Waals surface area (Å²) in [5.41, 5.74) is -0.495. The SMILES string of the molecule is O=C(O)CC1(NC(=O)NCC(C2CC2)C2CC2)CCC1. The first-order valence-corrected chi connectivity index (χ1v) is 7.86. The van der Waals surface area contributed by atoms with Gasteiger partial charge in [-0.15, -0.1) is 0 Å². The lowest BCUT2D eigenvalue weighted by Gasteiger charge is -2.41. The Bertz CT molecular complexity index is 386. The highest BCUT2D eigenvalue weighted by molar-refractivity contribution is 5.77. The van der Waals surface area contributed by atoms with Crippen LogP contribution in [0.15, 0.2) is 0 Å². The molecule has 3 N–H and O–H groups in total. The van der Waals surface area contributed by atoms with Crippen LogP contribution in [-0.4, -0.2) is 29.2 Å². The van der Waals surface area contributed by atoms with Crippen LogP contribution in [0.1, 0.15) is 51.4 Å². The van der Waals surface area contributed by atoms with E-state index < -0.39 is 11.5 Å². The van der Waals surface area contributed by atoms with Crippen LogP contribution in [0, 0.1) is 17.8 Å². The van der Waals surface area contributed by atoms with E-state index >= 15 is 0 Å². The summed E-state index contributed by atoms with van der Waals surface area (Å²) in [4.78, 5) is 22.9. The summed E-state index contributed by atoms with van der Waals surface area (Å²) in [5, 5.41) is 14.8. The average Bonchev–Trinajstić information content (AvgIpc) is 3.19. The Balaban J connectivity index is 1.45. The van der Waals surface area contributed by atoms with E-state index in [0.29, 0.717) is 5.92 Å². The molecule has 0 heterocycles. The lowest BCUT2D eigenvalue weighted by Crippen LogP contribution is -2.57. The predicted octanol–water partition coefficient (Wildman–Crippen LogP) is 2.12. The average molecular weight is 280 g/mol. The smallest absolute Gasteiger partial charge is 0.315 e. The standard InChI is InChI=1S/C15H24N2O3/c18-13(19)8-15(6-1-7-15)17-14(20)16-9-12(10-2-3-10)11-4-5-11/h10-12H,1-9H2,(H,18,19)(H2,16,17,20). The molecule has 0 saturated heterocycles. The molecule has 0 aromatic carbocycles. The number of carbonyl (C=O) groups is 2. The molecule has 5 heteroatoms. The third-order valence-electron chi connectivity index (χ3n) is 5.13. The maximum absolute atomic E-state index is 12.0. The number of carbonyl (C=O) groups excluding carboxylic acids is 1. The summed E-state index contributed by atoms with van der Waals surface area (Å²) < 4.78 is 0. The largest absolute Gasteiger partial charge is 0.481 e. The van der Waals surface area contributed by atoms with Crippen LogP contribution in [0.4, 0.5) is 4.79 Å². The van der Waals surface area contributed by atoms with Gasteiger partial charge in [0.2, 0.25) is 0 Å². The van der Waals surface area contributed by atoms with Crippen molar-refractivity contribution in [1.82, 2.24) is 10.6 Å². The van der Waals surface area contributed by atoms with Crippen molar-refractivity contribution in [3.8, 4) is 0 Å². The van der Waals surface area contributed by atoms with Gasteiger partial charge in [0.25, 0.3) is 0 Å². The molecule has 112 valence electrons. The number of nitrogens with one attached hydrogen (secondary N) is 2. The van der Waals surface area contributed by atoms with E-state index in [9.17, 15) is 9.59 Å². The zero-order valence-corrected chi connectivity index (χ0v) is 11.9. The molecule has 2 amide bonds. The maximum atomic E-state index is 12.0. The first kappa shape index (κ1) is 13.7. The summed E-state index contributed by atoms with van der Waals surface area (Å²) in [5.74, 6) is 1.45. The van der Waals surface area contributed by atoms with Gasteiger partial charge in [-0.05, 0) is 62.7 Å². The molecule has 3 fully saturated rings. The lowest BCUT2D eigenvalue weighted by atomic mass is 9.74. The number of aliphatic carboxylic acids is 1. The zero-order valence-electron chi connectivity index (χ0n) is 11.9. The summed E-state index contributed by atoms with van der Waals surface area (Å²) in [6.45, 7) is 0.754. The van der Waals surface area contributed by atoms with Gasteiger partial charge in [0.15, 0.2) is 0 Å². The molecule has 0 radical (unpaired) electrons. The van der Waals surface area contributed by atoms with E-state index in [-0.39, 0.29) is 12.5 Å². The highest BCUT2D eigenvalue weighted by atomic mass is 16.4. The summed E-state index contributed by atoms with van der Waals surface area (Å²) in [6.07, 6.45) is 7.85. The molecule has 3 rings (SSSR count). The van der Waals surface area contributed by atoms with Gasteiger partial charge < -0.3 is 15.7 Å². The van der Waals surface area contributed by atoms with Gasteiger partial charge in [-0.3, -0.25) is 4.79 Å². The third kappa shape index (κ3) is 3.25. The molecule has 3 aliphatic carbocycles. The molecule has 0 aromatic heterocycles. The van der Waals surface area contributed by atoms with Crippen LogP contribution in [0.3, 0.4) is 0 Å². The summed E-state index contributed by atoms with van der Waals surface area (Å²) in [6, 6.07) is -0.183. The first-order valence-electron chi connectivity index (χ1n) is 7.86. The van der Waals surface area contributed by atoms with Gasteiger partial charge in [-0.2, -0.15) is 0 Å². The number of amides is 2. The van der Waals surface area contributed by atoms with Crippen molar-refractivity contribution in [3.63, 3.8) is 0 Å². The molecule has 3 saturated carbocycles. The van der Waals surface area contributed by atoms with Crippen LogP contribution >= 0.6 is 0 Å². The topological polar surface area (TPSA) is 78.4 Å². The lowest BCUT2D eigenvalue weighted by molar-refractivity contribution is -0.139. The maximum Gasteiger partial charge on any atom is 0.315 e. The Labute approximate surface area is 119 Å². The van der Waals surface area contributed by atoms with Crippen LogP contribution < -0.4 is 10.6 Å². The highest BCUT2D eigenvalue weighted by Crippen LogP contribution is 2.48. The van der Waals surface area contributed by atoms with Crippen molar-refractivity contribution in [2.45, 2.75) is 56.9 Å². The fourth-order valence-electron chi connectivity index (χ4n) is 3.50. The number of hydrogen-bond donors (Lipinski definition) is 3. The minimum atomic E-state index is -0.834. The molecule has 0 unspecified atom stereocenters. The third-order valence-corrected chi connectivity index (χ3v) is 5.13. The number of urea groups is 1. The number of hydrogen-bond acceptors (Lipinski definition) is 2. The van der Waals surface area contributed by atoms with Crippen LogP contribution in [-0.2, 0) is 4.79 Å². The van der Waals surface area contributed by atoms with E-state index in [0.717, 1.165) is 37.6 Å². The molecule has 0 atom stereocenters. The van der Waals surface area contributed by atoms with Crippen molar-refractivity contribution in [1.29, 1.82) is 0 Å². The van der Waals surface area contributed by atoms with E-state index in [4.69, 9.17) is 5.11 Å². The highest BCUT2D eigenvalue weighted by Gasteiger charge is 2.42. The number of carboxylic acids is 1. The number of carboxylic acid groups (broad SMARTS) is 1. The van der Waals surface area contributed by atoms with Crippen LogP contribution in [0.5, 0.6) is 0 Å². The van der Waals surface area contributed by atoms with Gasteiger partial charge in [0, 0.05) is 6.54 Å². The van der Waals surface area contributed by atoms with Gasteiger partial charge >= 0.3 is 12.0 Å². The molecule has 3 aliphatic rings. The quantitative estimate of drug-likeness (QED) is 0.668. The van der Waals surface area contributed by atoms with Crippen molar-refractivity contribution in [2.24, 2.45) is 17.8 Å². The predicted molar refractivity (Wildman–Crippen MR) is 74.3 cm³/mol. The summed E-state index contributed by atoms with van der Waals surface area (Å²) in [7, 11) is 0. The van der Waals surface area contributed by atoms with Crippen molar-refractivity contribution >= 4 is 12.0 Å². The zero-order chi connectivity index (χ0) is 14.2. The van der Waals surface area contributed by atoms with Crippen molar-refractivity contribution in [2.75, 3.05) is 6.54 Å². The van der Waals surface area contributed by atoms with E-state index in [2.05, 4.69) is 10.6 Å². The van der Waals surface area contributed by atoms with Crippen LogP contribution in [0.2, 0.25) is 0 Å². The molecule has 5 nitrogen and oxygen atoms in total. The Hall–Kier alpha value is -1.26. The van der Waals surface area contributed by atoms with E-state index in [1.165, 1.54) is 25.7 Å². The minimum Gasteiger partial charge on any atom is -0.481 e. The van der Waals surface area contributed by atoms with Crippen molar-refractivity contribution < 1.29 is 14.7 Å². The normalized spacial score (nSPS) is 24.1. The Morgan fingerprint density at radius 2 is 1.75 bits per heavy atom. The van der Waals surface area contributed by atoms with Gasteiger partial charge in [-0.25, -0.2) is 4.79 Å². The molecule has 0 bridgehead atoms. The second-order valence-electron chi connectivity index (χ2n) is 6.88. The molecule has 0 aliphatic heterocycles. The molecular weight excluding hydrogens is 256 g/mol. The van der Waals surface area contributed by atoms with Gasteiger partial charge in [0.1, 0.15) is 0 Å². The second kappa shape index (κ2) is 5.26. The number of rotatable bonds is 7. The minimum absolute atomic E-state index is 0.0368. The monoisotopic (exact) mass is 280 g/mol. The van der Waals surface area contributed by atoms with Gasteiger partial charge in [-0.1, -0.05) is 0 Å². The molecular formula is C15H24N2O3. The summed E-state index contributed by atoms with van der Waals surface area (Å²) >= 11 is 0. The van der Waals surface area contributed by atoms with Crippen LogP contribution in [0.25, 0.3) is 0 Å².